The summed E-state index contributed by atoms with van der Waals surface area (Å²) in [7, 11) is 0. The second-order valence-electron chi connectivity index (χ2n) is 6.41. The van der Waals surface area contributed by atoms with Gasteiger partial charge in [0.05, 0.1) is 12.5 Å². The smallest absolute Gasteiger partial charge is 0.312 e. The van der Waals surface area contributed by atoms with Crippen LogP contribution in [0.4, 0.5) is 4.79 Å². The zero-order valence-corrected chi connectivity index (χ0v) is 13.8. The molecule has 1 aliphatic heterocycles. The Kier molecular flexibility index (Phi) is 5.60. The Morgan fingerprint density at radius 2 is 2.17 bits per heavy atom. The Morgan fingerprint density at radius 1 is 1.43 bits per heavy atom. The van der Waals surface area contributed by atoms with Gasteiger partial charge in [0.15, 0.2) is 0 Å². The van der Waals surface area contributed by atoms with E-state index in [9.17, 15) is 9.59 Å². The Balaban J connectivity index is 2.11. The van der Waals surface area contributed by atoms with Crippen LogP contribution >= 0.6 is 0 Å². The van der Waals surface area contributed by atoms with E-state index in [1.807, 2.05) is 43.0 Å². The SMILES string of the molecule is Cc1cccc(C(CC(=O)N2CC(CN)CC2C)NC(N)=O)c1. The molecule has 6 heteroatoms. The molecular weight excluding hydrogens is 292 g/mol. The second-order valence-corrected chi connectivity index (χ2v) is 6.41. The molecule has 3 amide bonds. The number of rotatable bonds is 5. The molecule has 0 spiro atoms. The van der Waals surface area contributed by atoms with Gasteiger partial charge < -0.3 is 21.7 Å². The summed E-state index contributed by atoms with van der Waals surface area (Å²) in [5, 5.41) is 2.68. The van der Waals surface area contributed by atoms with Gasteiger partial charge in [0.25, 0.3) is 0 Å². The van der Waals surface area contributed by atoms with Crippen LogP contribution in [0.5, 0.6) is 0 Å². The zero-order valence-electron chi connectivity index (χ0n) is 13.8. The van der Waals surface area contributed by atoms with E-state index in [0.29, 0.717) is 19.0 Å². The fourth-order valence-corrected chi connectivity index (χ4v) is 3.26. The van der Waals surface area contributed by atoms with Gasteiger partial charge in [-0.2, -0.15) is 0 Å². The van der Waals surface area contributed by atoms with Crippen molar-refractivity contribution in [2.75, 3.05) is 13.1 Å². The number of carbonyl (C=O) groups excluding carboxylic acids is 2. The van der Waals surface area contributed by atoms with E-state index < -0.39 is 12.1 Å². The highest BCUT2D eigenvalue weighted by Gasteiger charge is 2.32. The number of nitrogens with zero attached hydrogens (tertiary/aromatic N) is 1. The van der Waals surface area contributed by atoms with Gasteiger partial charge in [0.2, 0.25) is 5.91 Å². The molecule has 1 fully saturated rings. The van der Waals surface area contributed by atoms with E-state index in [0.717, 1.165) is 17.5 Å². The number of amides is 3. The molecular formula is C17H26N4O2. The average Bonchev–Trinajstić information content (AvgIpc) is 2.87. The summed E-state index contributed by atoms with van der Waals surface area (Å²) in [6.07, 6.45) is 1.13. The molecule has 23 heavy (non-hydrogen) atoms. The van der Waals surface area contributed by atoms with E-state index in [1.54, 1.807) is 0 Å². The van der Waals surface area contributed by atoms with E-state index >= 15 is 0 Å². The van der Waals surface area contributed by atoms with Crippen LogP contribution in [-0.4, -0.2) is 36.0 Å². The first-order chi connectivity index (χ1) is 10.9. The molecule has 1 heterocycles. The van der Waals surface area contributed by atoms with Gasteiger partial charge in [0, 0.05) is 12.6 Å². The maximum atomic E-state index is 12.7. The number of carbonyl (C=O) groups is 2. The highest BCUT2D eigenvalue weighted by Crippen LogP contribution is 2.26. The Bertz CT molecular complexity index is 575. The van der Waals surface area contributed by atoms with Gasteiger partial charge in [-0.1, -0.05) is 29.8 Å². The normalized spacial score (nSPS) is 22.0. The van der Waals surface area contributed by atoms with Crippen LogP contribution in [0.3, 0.4) is 0 Å². The first kappa shape index (κ1) is 17.3. The van der Waals surface area contributed by atoms with Crippen LogP contribution in [0.25, 0.3) is 0 Å². The minimum atomic E-state index is -0.626. The predicted molar refractivity (Wildman–Crippen MR) is 89.6 cm³/mol. The second kappa shape index (κ2) is 7.46. The van der Waals surface area contributed by atoms with Crippen molar-refractivity contribution in [3.05, 3.63) is 35.4 Å². The zero-order chi connectivity index (χ0) is 17.0. The molecule has 0 bridgehead atoms. The minimum absolute atomic E-state index is 0.0220. The van der Waals surface area contributed by atoms with E-state index in [1.165, 1.54) is 0 Å². The van der Waals surface area contributed by atoms with Crippen LogP contribution in [0.15, 0.2) is 24.3 Å². The lowest BCUT2D eigenvalue weighted by Crippen LogP contribution is -2.39. The van der Waals surface area contributed by atoms with Gasteiger partial charge in [-0.25, -0.2) is 4.79 Å². The van der Waals surface area contributed by atoms with E-state index in [2.05, 4.69) is 5.32 Å². The molecule has 2 rings (SSSR count). The molecule has 0 radical (unpaired) electrons. The van der Waals surface area contributed by atoms with Gasteiger partial charge in [-0.15, -0.1) is 0 Å². The molecule has 1 saturated heterocycles. The summed E-state index contributed by atoms with van der Waals surface area (Å²) in [5.41, 5.74) is 13.0. The Morgan fingerprint density at radius 3 is 2.74 bits per heavy atom. The number of nitrogens with one attached hydrogen (secondary N) is 1. The largest absolute Gasteiger partial charge is 0.352 e. The van der Waals surface area contributed by atoms with Crippen molar-refractivity contribution < 1.29 is 9.59 Å². The lowest BCUT2D eigenvalue weighted by atomic mass is 10.0. The fourth-order valence-electron chi connectivity index (χ4n) is 3.26. The quantitative estimate of drug-likeness (QED) is 0.762. The van der Waals surface area contributed by atoms with Gasteiger partial charge in [-0.05, 0) is 38.3 Å². The van der Waals surface area contributed by atoms with E-state index in [4.69, 9.17) is 11.5 Å². The van der Waals surface area contributed by atoms with Crippen LogP contribution in [0.2, 0.25) is 0 Å². The number of aryl methyl sites for hydroxylation is 1. The highest BCUT2D eigenvalue weighted by atomic mass is 16.2. The lowest BCUT2D eigenvalue weighted by molar-refractivity contribution is -0.132. The number of primary amides is 1. The van der Waals surface area contributed by atoms with Crippen molar-refractivity contribution >= 4 is 11.9 Å². The first-order valence-corrected chi connectivity index (χ1v) is 8.02. The average molecular weight is 318 g/mol. The molecule has 3 unspecified atom stereocenters. The summed E-state index contributed by atoms with van der Waals surface area (Å²) in [6, 6.07) is 6.89. The Hall–Kier alpha value is -2.08. The van der Waals surface area contributed by atoms with Crippen molar-refractivity contribution in [1.29, 1.82) is 0 Å². The molecule has 0 aromatic heterocycles. The molecule has 3 atom stereocenters. The number of likely N-dealkylation sites (tertiary alicyclic amines) is 1. The summed E-state index contributed by atoms with van der Waals surface area (Å²) < 4.78 is 0. The van der Waals surface area contributed by atoms with Gasteiger partial charge in [0.1, 0.15) is 0 Å². The van der Waals surface area contributed by atoms with Crippen LogP contribution < -0.4 is 16.8 Å². The molecule has 0 aliphatic carbocycles. The van der Waals surface area contributed by atoms with Crippen molar-refractivity contribution in [2.24, 2.45) is 17.4 Å². The number of nitrogens with two attached hydrogens (primary N) is 2. The number of benzene rings is 1. The third-order valence-corrected chi connectivity index (χ3v) is 4.45. The lowest BCUT2D eigenvalue weighted by Gasteiger charge is -2.25. The molecule has 0 saturated carbocycles. The molecule has 1 aromatic rings. The highest BCUT2D eigenvalue weighted by molar-refractivity contribution is 5.79. The number of hydrogen-bond acceptors (Lipinski definition) is 3. The maximum Gasteiger partial charge on any atom is 0.312 e. The van der Waals surface area contributed by atoms with Crippen molar-refractivity contribution in [1.82, 2.24) is 10.2 Å². The topological polar surface area (TPSA) is 101 Å². The molecule has 1 aliphatic rings. The molecule has 1 aromatic carbocycles. The summed E-state index contributed by atoms with van der Waals surface area (Å²) in [6.45, 7) is 5.29. The van der Waals surface area contributed by atoms with Gasteiger partial charge >= 0.3 is 6.03 Å². The number of urea groups is 1. The molecule has 5 N–H and O–H groups in total. The minimum Gasteiger partial charge on any atom is -0.352 e. The summed E-state index contributed by atoms with van der Waals surface area (Å²) in [5.74, 6) is 0.379. The van der Waals surface area contributed by atoms with Crippen LogP contribution in [0, 0.1) is 12.8 Å². The van der Waals surface area contributed by atoms with Crippen molar-refractivity contribution in [3.63, 3.8) is 0 Å². The van der Waals surface area contributed by atoms with Crippen LogP contribution in [0.1, 0.15) is 36.9 Å². The monoisotopic (exact) mass is 318 g/mol. The first-order valence-electron chi connectivity index (χ1n) is 8.02. The predicted octanol–water partition coefficient (Wildman–Crippen LogP) is 1.29. The van der Waals surface area contributed by atoms with E-state index in [-0.39, 0.29) is 18.4 Å². The molecule has 126 valence electrons. The van der Waals surface area contributed by atoms with Crippen molar-refractivity contribution in [2.45, 2.75) is 38.8 Å². The Labute approximate surface area is 137 Å². The third-order valence-electron chi connectivity index (χ3n) is 4.45. The van der Waals surface area contributed by atoms with Gasteiger partial charge in [-0.3, -0.25) is 4.79 Å². The summed E-state index contributed by atoms with van der Waals surface area (Å²) >= 11 is 0. The maximum absolute atomic E-state index is 12.7. The number of hydrogen-bond donors (Lipinski definition) is 3. The summed E-state index contributed by atoms with van der Waals surface area (Å²) in [4.78, 5) is 25.8. The van der Waals surface area contributed by atoms with Crippen molar-refractivity contribution in [3.8, 4) is 0 Å². The molecule has 6 nitrogen and oxygen atoms in total. The standard InChI is InChI=1S/C17H26N4O2/c1-11-4-3-5-14(6-11)15(20-17(19)23)8-16(22)21-10-13(9-18)7-12(21)2/h3-6,12-13,15H,7-10,18H2,1-2H3,(H3,19,20,23). The fraction of sp³-hybridized carbons (Fsp3) is 0.529. The third kappa shape index (κ3) is 4.45. The van der Waals surface area contributed by atoms with Crippen LogP contribution in [-0.2, 0) is 4.79 Å².